The highest BCUT2D eigenvalue weighted by atomic mass is 32.1. The molecule has 2 aromatic heterocycles. The number of imide groups is 1. The number of hydrogen-bond acceptors (Lipinski definition) is 5. The minimum atomic E-state index is -0.824. The van der Waals surface area contributed by atoms with E-state index in [9.17, 15) is 14.4 Å². The molecule has 0 spiro atoms. The van der Waals surface area contributed by atoms with Gasteiger partial charge in [-0.1, -0.05) is 25.0 Å². The van der Waals surface area contributed by atoms with Gasteiger partial charge in [0.1, 0.15) is 6.04 Å². The molecule has 2 fully saturated rings. The minimum absolute atomic E-state index is 0.192. The zero-order chi connectivity index (χ0) is 20.8. The molecule has 3 atom stereocenters. The van der Waals surface area contributed by atoms with Gasteiger partial charge in [-0.25, -0.2) is 4.98 Å². The molecule has 154 valence electrons. The van der Waals surface area contributed by atoms with E-state index in [0.29, 0.717) is 5.69 Å². The number of aromatic nitrogens is 2. The lowest BCUT2D eigenvalue weighted by Crippen LogP contribution is -2.46. The second-order valence-corrected chi connectivity index (χ2v) is 8.88. The Hall–Kier alpha value is -3.00. The van der Waals surface area contributed by atoms with Crippen molar-refractivity contribution in [2.75, 3.05) is 5.32 Å². The number of nitrogens with zero attached hydrogens (tertiary/aromatic N) is 3. The number of hydrogen-bond donors (Lipinski definition) is 1. The molecule has 1 N–H and O–H groups in total. The maximum absolute atomic E-state index is 12.8. The Balaban J connectivity index is 1.28. The molecular weight excluding hydrogens is 400 g/mol. The minimum Gasteiger partial charge on any atom is -0.324 e. The topological polar surface area (TPSA) is 83.8 Å². The number of imidazole rings is 1. The van der Waals surface area contributed by atoms with E-state index in [-0.39, 0.29) is 29.6 Å². The van der Waals surface area contributed by atoms with Crippen molar-refractivity contribution in [3.05, 3.63) is 42.0 Å². The fourth-order valence-corrected chi connectivity index (χ4v) is 5.22. The van der Waals surface area contributed by atoms with E-state index in [1.165, 1.54) is 4.90 Å². The monoisotopic (exact) mass is 422 g/mol. The summed E-state index contributed by atoms with van der Waals surface area (Å²) in [6, 6.07) is 6.58. The van der Waals surface area contributed by atoms with Crippen LogP contribution in [0.5, 0.6) is 0 Å². The van der Waals surface area contributed by atoms with Crippen molar-refractivity contribution in [3.63, 3.8) is 0 Å². The van der Waals surface area contributed by atoms with Crippen LogP contribution >= 0.6 is 11.3 Å². The van der Waals surface area contributed by atoms with Crippen LogP contribution in [-0.2, 0) is 14.4 Å². The third-order valence-corrected chi connectivity index (χ3v) is 6.95. The third-order valence-electron chi connectivity index (χ3n) is 6.18. The van der Waals surface area contributed by atoms with E-state index in [1.54, 1.807) is 30.4 Å². The van der Waals surface area contributed by atoms with Crippen molar-refractivity contribution < 1.29 is 14.4 Å². The van der Waals surface area contributed by atoms with E-state index < -0.39 is 6.04 Å². The summed E-state index contributed by atoms with van der Waals surface area (Å²) in [7, 11) is 0. The van der Waals surface area contributed by atoms with Gasteiger partial charge in [0.2, 0.25) is 17.7 Å². The van der Waals surface area contributed by atoms with E-state index in [0.717, 1.165) is 41.9 Å². The van der Waals surface area contributed by atoms with Gasteiger partial charge in [-0.05, 0) is 31.9 Å². The highest BCUT2D eigenvalue weighted by molar-refractivity contribution is 7.15. The number of thiazole rings is 1. The molecule has 1 aliphatic carbocycles. The second-order valence-electron chi connectivity index (χ2n) is 8.01. The van der Waals surface area contributed by atoms with Gasteiger partial charge < -0.3 is 5.32 Å². The molecule has 30 heavy (non-hydrogen) atoms. The van der Waals surface area contributed by atoms with Crippen molar-refractivity contribution >= 4 is 39.7 Å². The lowest BCUT2D eigenvalue weighted by molar-refractivity contribution is -0.146. The van der Waals surface area contributed by atoms with Crippen molar-refractivity contribution in [1.29, 1.82) is 0 Å². The lowest BCUT2D eigenvalue weighted by atomic mass is 9.81. The highest BCUT2D eigenvalue weighted by Crippen LogP contribution is 2.39. The van der Waals surface area contributed by atoms with Crippen LogP contribution in [0, 0.1) is 11.8 Å². The van der Waals surface area contributed by atoms with Gasteiger partial charge in [0, 0.05) is 29.0 Å². The van der Waals surface area contributed by atoms with Crippen LogP contribution in [0.2, 0.25) is 0 Å². The number of likely N-dealkylation sites (tertiary alicyclic amines) is 1. The van der Waals surface area contributed by atoms with Gasteiger partial charge in [0.05, 0.1) is 17.5 Å². The Kier molecular flexibility index (Phi) is 4.66. The smallest absolute Gasteiger partial charge is 0.247 e. The van der Waals surface area contributed by atoms with Gasteiger partial charge in [-0.15, -0.1) is 11.3 Å². The summed E-state index contributed by atoms with van der Waals surface area (Å²) in [5.41, 5.74) is 2.43. The van der Waals surface area contributed by atoms with Crippen molar-refractivity contribution in [3.8, 4) is 11.3 Å². The molecule has 0 bridgehead atoms. The molecule has 3 amide bonds. The number of carbonyl (C=O) groups is 3. The number of benzene rings is 1. The van der Waals surface area contributed by atoms with Crippen LogP contribution in [0.3, 0.4) is 0 Å². The molecule has 3 unspecified atom stereocenters. The molecule has 1 aliphatic heterocycles. The standard InChI is InChI=1S/C22H22N4O3S/c1-13(26-20(28)16-4-2-3-5-17(16)21(26)29)19(27)23-15-8-6-14(7-9-15)18-12-25-10-11-30-22(25)24-18/h6-13,16-17H,2-5H2,1H3,(H,23,27). The Morgan fingerprint density at radius 2 is 1.80 bits per heavy atom. The van der Waals surface area contributed by atoms with Crippen LogP contribution in [-0.4, -0.2) is 38.0 Å². The van der Waals surface area contributed by atoms with Crippen LogP contribution in [0.15, 0.2) is 42.0 Å². The number of rotatable bonds is 4. The van der Waals surface area contributed by atoms with E-state index >= 15 is 0 Å². The number of carbonyl (C=O) groups excluding carboxylic acids is 3. The summed E-state index contributed by atoms with van der Waals surface area (Å²) in [5, 5.41) is 4.82. The average molecular weight is 423 g/mol. The second kappa shape index (κ2) is 7.36. The summed E-state index contributed by atoms with van der Waals surface area (Å²) in [6.45, 7) is 1.62. The maximum atomic E-state index is 12.8. The zero-order valence-electron chi connectivity index (χ0n) is 16.6. The summed E-state index contributed by atoms with van der Waals surface area (Å²) in [5.74, 6) is -1.23. The molecular formula is C22H22N4O3S. The van der Waals surface area contributed by atoms with Crippen LogP contribution in [0.1, 0.15) is 32.6 Å². The average Bonchev–Trinajstić information content (AvgIpc) is 3.42. The predicted molar refractivity (Wildman–Crippen MR) is 114 cm³/mol. The van der Waals surface area contributed by atoms with Crippen LogP contribution in [0.25, 0.3) is 16.2 Å². The van der Waals surface area contributed by atoms with Crippen LogP contribution < -0.4 is 5.32 Å². The molecule has 2 aliphatic rings. The van der Waals surface area contributed by atoms with Gasteiger partial charge in [0.15, 0.2) is 4.96 Å². The molecule has 3 aromatic rings. The first-order valence-corrected chi connectivity index (χ1v) is 11.1. The highest BCUT2D eigenvalue weighted by Gasteiger charge is 2.50. The van der Waals surface area contributed by atoms with Crippen molar-refractivity contribution in [1.82, 2.24) is 14.3 Å². The molecule has 8 heteroatoms. The molecule has 5 rings (SSSR count). The van der Waals surface area contributed by atoms with Gasteiger partial charge in [0.25, 0.3) is 0 Å². The molecule has 3 heterocycles. The third kappa shape index (κ3) is 3.11. The first-order valence-electron chi connectivity index (χ1n) is 10.2. The number of amides is 3. The fraction of sp³-hybridized carbons (Fsp3) is 0.364. The number of anilines is 1. The van der Waals surface area contributed by atoms with Crippen molar-refractivity contribution in [2.24, 2.45) is 11.8 Å². The van der Waals surface area contributed by atoms with Gasteiger partial charge in [-0.2, -0.15) is 0 Å². The zero-order valence-corrected chi connectivity index (χ0v) is 17.4. The fourth-order valence-electron chi connectivity index (χ4n) is 4.52. The molecule has 1 saturated heterocycles. The summed E-state index contributed by atoms with van der Waals surface area (Å²) < 4.78 is 1.97. The Labute approximate surface area is 177 Å². The van der Waals surface area contributed by atoms with E-state index in [1.807, 2.05) is 34.3 Å². The molecule has 1 saturated carbocycles. The first-order chi connectivity index (χ1) is 14.5. The van der Waals surface area contributed by atoms with E-state index in [4.69, 9.17) is 0 Å². The normalized spacial score (nSPS) is 22.4. The Morgan fingerprint density at radius 1 is 1.13 bits per heavy atom. The van der Waals surface area contributed by atoms with Crippen LogP contribution in [0.4, 0.5) is 5.69 Å². The van der Waals surface area contributed by atoms with E-state index in [2.05, 4.69) is 10.3 Å². The Bertz CT molecular complexity index is 1080. The summed E-state index contributed by atoms with van der Waals surface area (Å²) >= 11 is 1.57. The number of fused-ring (bicyclic) bond motifs is 2. The summed E-state index contributed by atoms with van der Waals surface area (Å²) in [4.78, 5) is 44.9. The van der Waals surface area contributed by atoms with Crippen molar-refractivity contribution in [2.45, 2.75) is 38.6 Å². The molecule has 0 radical (unpaired) electrons. The molecule has 1 aromatic carbocycles. The Morgan fingerprint density at radius 3 is 2.43 bits per heavy atom. The summed E-state index contributed by atoms with van der Waals surface area (Å²) in [6.07, 6.45) is 7.35. The quantitative estimate of drug-likeness (QED) is 0.652. The molecule has 7 nitrogen and oxygen atoms in total. The maximum Gasteiger partial charge on any atom is 0.247 e. The number of nitrogens with one attached hydrogen (secondary N) is 1. The van der Waals surface area contributed by atoms with Gasteiger partial charge in [-0.3, -0.25) is 23.7 Å². The SMILES string of the molecule is CC(C(=O)Nc1ccc(-c2cn3ccsc3n2)cc1)N1C(=O)C2CCCCC2C1=O. The predicted octanol–water partition coefficient (Wildman–Crippen LogP) is 3.57. The van der Waals surface area contributed by atoms with Gasteiger partial charge >= 0.3 is 0 Å². The first kappa shape index (κ1) is 19.0. The lowest BCUT2D eigenvalue weighted by Gasteiger charge is -2.22. The largest absolute Gasteiger partial charge is 0.324 e.